The van der Waals surface area contributed by atoms with Crippen LogP contribution < -0.4 is 0 Å². The number of hydrogen-bond donors (Lipinski definition) is 0. The molecular formula is C26H20N4O2S. The molecule has 0 fully saturated rings. The highest BCUT2D eigenvalue weighted by molar-refractivity contribution is 7.13. The molecule has 162 valence electrons. The molecule has 0 aliphatic heterocycles. The van der Waals surface area contributed by atoms with Crippen LogP contribution in [0.5, 0.6) is 0 Å². The smallest absolute Gasteiger partial charge is 0.312 e. The van der Waals surface area contributed by atoms with Crippen LogP contribution in [-0.4, -0.2) is 25.7 Å². The Labute approximate surface area is 195 Å². The molecule has 0 spiro atoms. The van der Waals surface area contributed by atoms with Crippen LogP contribution in [0.2, 0.25) is 0 Å². The van der Waals surface area contributed by atoms with E-state index < -0.39 is 0 Å². The lowest BCUT2D eigenvalue weighted by atomic mass is 10.1. The summed E-state index contributed by atoms with van der Waals surface area (Å²) in [6, 6.07) is 25.4. The second-order valence-electron chi connectivity index (χ2n) is 7.35. The van der Waals surface area contributed by atoms with Crippen LogP contribution in [0, 0.1) is 0 Å². The van der Waals surface area contributed by atoms with Gasteiger partial charge >= 0.3 is 5.97 Å². The Morgan fingerprint density at radius 1 is 0.939 bits per heavy atom. The molecule has 0 saturated heterocycles. The molecule has 0 N–H and O–H groups in total. The van der Waals surface area contributed by atoms with E-state index in [0.717, 1.165) is 33.2 Å². The zero-order chi connectivity index (χ0) is 22.5. The molecule has 3 aromatic heterocycles. The number of benzene rings is 2. The first-order valence-electron chi connectivity index (χ1n) is 10.5. The average Bonchev–Trinajstić information content (AvgIpc) is 3.52. The van der Waals surface area contributed by atoms with Crippen LogP contribution in [0.15, 0.2) is 96.6 Å². The maximum atomic E-state index is 12.6. The van der Waals surface area contributed by atoms with Gasteiger partial charge in [-0.25, -0.2) is 9.67 Å². The summed E-state index contributed by atoms with van der Waals surface area (Å²) in [6.07, 6.45) is 3.74. The van der Waals surface area contributed by atoms with Crippen molar-refractivity contribution in [3.8, 4) is 27.6 Å². The Bertz CT molecular complexity index is 1350. The van der Waals surface area contributed by atoms with E-state index in [4.69, 9.17) is 9.84 Å². The van der Waals surface area contributed by atoms with Gasteiger partial charge < -0.3 is 4.74 Å². The van der Waals surface area contributed by atoms with Crippen molar-refractivity contribution in [1.82, 2.24) is 19.7 Å². The van der Waals surface area contributed by atoms with Gasteiger partial charge in [0.05, 0.1) is 29.2 Å². The summed E-state index contributed by atoms with van der Waals surface area (Å²) in [6.45, 7) is 0.132. The fourth-order valence-electron chi connectivity index (χ4n) is 3.42. The quantitative estimate of drug-likeness (QED) is 0.312. The maximum Gasteiger partial charge on any atom is 0.312 e. The highest BCUT2D eigenvalue weighted by Crippen LogP contribution is 2.25. The van der Waals surface area contributed by atoms with Gasteiger partial charge in [-0.05, 0) is 24.3 Å². The first-order chi connectivity index (χ1) is 16.3. The van der Waals surface area contributed by atoms with Crippen molar-refractivity contribution in [3.05, 3.63) is 108 Å². The predicted molar refractivity (Wildman–Crippen MR) is 128 cm³/mol. The molecule has 0 amide bonds. The Hall–Kier alpha value is -4.10. The average molecular weight is 453 g/mol. The normalized spacial score (nSPS) is 10.8. The van der Waals surface area contributed by atoms with Crippen molar-refractivity contribution >= 4 is 17.3 Å². The molecule has 6 nitrogen and oxygen atoms in total. The lowest BCUT2D eigenvalue weighted by Crippen LogP contribution is -2.08. The van der Waals surface area contributed by atoms with Crippen molar-refractivity contribution in [1.29, 1.82) is 0 Å². The minimum atomic E-state index is -0.334. The SMILES string of the molecule is O=C(Cc1csc(-c2ccccn2)n1)OCc1cn(-c2ccccc2)nc1-c1ccccc1. The largest absolute Gasteiger partial charge is 0.460 e. The zero-order valence-electron chi connectivity index (χ0n) is 17.7. The minimum absolute atomic E-state index is 0.108. The first-order valence-corrected chi connectivity index (χ1v) is 11.3. The van der Waals surface area contributed by atoms with Crippen molar-refractivity contribution in [2.75, 3.05) is 0 Å². The molecule has 33 heavy (non-hydrogen) atoms. The van der Waals surface area contributed by atoms with Crippen LogP contribution in [0.3, 0.4) is 0 Å². The van der Waals surface area contributed by atoms with E-state index in [1.165, 1.54) is 11.3 Å². The maximum absolute atomic E-state index is 12.6. The number of ether oxygens (including phenoxy) is 1. The summed E-state index contributed by atoms with van der Waals surface area (Å²) in [5, 5.41) is 7.41. The Morgan fingerprint density at radius 2 is 1.70 bits per heavy atom. The van der Waals surface area contributed by atoms with Gasteiger partial charge in [-0.2, -0.15) is 5.10 Å². The Morgan fingerprint density at radius 3 is 2.45 bits per heavy atom. The van der Waals surface area contributed by atoms with Gasteiger partial charge in [-0.1, -0.05) is 54.6 Å². The number of para-hydroxylation sites is 1. The first kappa shape index (κ1) is 20.8. The van der Waals surface area contributed by atoms with Crippen molar-refractivity contribution < 1.29 is 9.53 Å². The third-order valence-electron chi connectivity index (χ3n) is 5.01. The number of pyridine rings is 1. The molecule has 0 unspecified atom stereocenters. The molecule has 7 heteroatoms. The van der Waals surface area contributed by atoms with Crippen molar-refractivity contribution in [3.63, 3.8) is 0 Å². The number of hydrogen-bond acceptors (Lipinski definition) is 6. The molecule has 0 atom stereocenters. The number of nitrogens with zero attached hydrogens (tertiary/aromatic N) is 4. The van der Waals surface area contributed by atoms with Crippen LogP contribution in [0.25, 0.3) is 27.6 Å². The van der Waals surface area contributed by atoms with E-state index in [1.807, 2.05) is 95.1 Å². The lowest BCUT2D eigenvalue weighted by Gasteiger charge is -2.04. The topological polar surface area (TPSA) is 69.9 Å². The predicted octanol–water partition coefficient (Wildman–Crippen LogP) is 5.34. The van der Waals surface area contributed by atoms with Crippen LogP contribution in [-0.2, 0) is 22.6 Å². The second kappa shape index (κ2) is 9.58. The van der Waals surface area contributed by atoms with Crippen molar-refractivity contribution in [2.24, 2.45) is 0 Å². The van der Waals surface area contributed by atoms with Gasteiger partial charge in [0.2, 0.25) is 0 Å². The summed E-state index contributed by atoms with van der Waals surface area (Å²) in [4.78, 5) is 21.4. The molecule has 5 rings (SSSR count). The summed E-state index contributed by atoms with van der Waals surface area (Å²) in [5.41, 5.74) is 5.01. The summed E-state index contributed by atoms with van der Waals surface area (Å²) < 4.78 is 7.43. The van der Waals surface area contributed by atoms with Crippen molar-refractivity contribution in [2.45, 2.75) is 13.0 Å². The third kappa shape index (κ3) is 4.88. The highest BCUT2D eigenvalue weighted by atomic mass is 32.1. The van der Waals surface area contributed by atoms with Crippen LogP contribution >= 0.6 is 11.3 Å². The molecule has 0 bridgehead atoms. The van der Waals surface area contributed by atoms with Gasteiger partial charge in [-0.15, -0.1) is 11.3 Å². The van der Waals surface area contributed by atoms with Gasteiger partial charge in [0, 0.05) is 28.9 Å². The summed E-state index contributed by atoms with van der Waals surface area (Å²) >= 11 is 1.47. The molecule has 0 radical (unpaired) electrons. The third-order valence-corrected chi connectivity index (χ3v) is 5.92. The van der Waals surface area contributed by atoms with Gasteiger partial charge in [0.25, 0.3) is 0 Å². The number of thiazole rings is 1. The van der Waals surface area contributed by atoms with E-state index in [1.54, 1.807) is 6.20 Å². The fraction of sp³-hybridized carbons (Fsp3) is 0.0769. The van der Waals surface area contributed by atoms with Gasteiger partial charge in [0.1, 0.15) is 11.6 Å². The molecule has 3 heterocycles. The van der Waals surface area contributed by atoms with E-state index in [0.29, 0.717) is 5.69 Å². The molecule has 0 saturated carbocycles. The van der Waals surface area contributed by atoms with Gasteiger partial charge in [-0.3, -0.25) is 9.78 Å². The molecule has 2 aromatic carbocycles. The van der Waals surface area contributed by atoms with Crippen LogP contribution in [0.4, 0.5) is 0 Å². The number of esters is 1. The molecule has 5 aromatic rings. The van der Waals surface area contributed by atoms with E-state index >= 15 is 0 Å². The fourth-order valence-corrected chi connectivity index (χ4v) is 4.21. The lowest BCUT2D eigenvalue weighted by molar-refractivity contribution is -0.144. The monoisotopic (exact) mass is 452 g/mol. The highest BCUT2D eigenvalue weighted by Gasteiger charge is 2.16. The van der Waals surface area contributed by atoms with Gasteiger partial charge in [0.15, 0.2) is 0 Å². The zero-order valence-corrected chi connectivity index (χ0v) is 18.5. The molecule has 0 aliphatic carbocycles. The van der Waals surface area contributed by atoms with E-state index in [2.05, 4.69) is 9.97 Å². The Kier molecular flexibility index (Phi) is 6.04. The number of carbonyl (C=O) groups is 1. The number of aromatic nitrogens is 4. The molecule has 0 aliphatic rings. The second-order valence-corrected chi connectivity index (χ2v) is 8.20. The standard InChI is InChI=1S/C26H20N4O2S/c31-24(15-21-18-33-26(28-21)23-13-7-8-14-27-23)32-17-20-16-30(22-11-5-2-6-12-22)29-25(20)19-9-3-1-4-10-19/h1-14,16,18H,15,17H2. The summed E-state index contributed by atoms with van der Waals surface area (Å²) in [7, 11) is 0. The van der Waals surface area contributed by atoms with Crippen LogP contribution in [0.1, 0.15) is 11.3 Å². The van der Waals surface area contributed by atoms with E-state index in [9.17, 15) is 4.79 Å². The Balaban J connectivity index is 1.31. The molecular weight excluding hydrogens is 432 g/mol. The minimum Gasteiger partial charge on any atom is -0.460 e. The number of carbonyl (C=O) groups excluding carboxylic acids is 1. The van der Waals surface area contributed by atoms with E-state index in [-0.39, 0.29) is 19.0 Å². The number of rotatable bonds is 7. The summed E-state index contributed by atoms with van der Waals surface area (Å²) in [5.74, 6) is -0.334.